The van der Waals surface area contributed by atoms with Gasteiger partial charge in [0.05, 0.1) is 0 Å². The number of rotatable bonds is 3. The Hall–Kier alpha value is -0.300. The van der Waals surface area contributed by atoms with Crippen LogP contribution in [0, 0.1) is 0 Å². The SMILES string of the molecule is C/C=C/CNC1CCCCCCC1. The summed E-state index contributed by atoms with van der Waals surface area (Å²) >= 11 is 0. The molecule has 1 aliphatic rings. The Kier molecular flexibility index (Phi) is 5.92. The number of hydrogen-bond donors (Lipinski definition) is 1. The number of hydrogen-bond acceptors (Lipinski definition) is 1. The van der Waals surface area contributed by atoms with E-state index in [1.54, 1.807) is 0 Å². The molecule has 1 N–H and O–H groups in total. The van der Waals surface area contributed by atoms with Crippen molar-refractivity contribution < 1.29 is 0 Å². The Morgan fingerprint density at radius 2 is 1.69 bits per heavy atom. The minimum atomic E-state index is 0.788. The standard InChI is InChI=1S/C12H23N/c1-2-3-11-13-12-9-7-5-4-6-8-10-12/h2-3,12-13H,4-11H2,1H3/b3-2+. The lowest BCUT2D eigenvalue weighted by Crippen LogP contribution is -2.29. The molecule has 0 saturated heterocycles. The van der Waals surface area contributed by atoms with Crippen molar-refractivity contribution in [1.82, 2.24) is 5.32 Å². The largest absolute Gasteiger partial charge is 0.311 e. The van der Waals surface area contributed by atoms with Gasteiger partial charge in [0, 0.05) is 12.6 Å². The summed E-state index contributed by atoms with van der Waals surface area (Å²) in [4.78, 5) is 0. The molecule has 1 saturated carbocycles. The van der Waals surface area contributed by atoms with Gasteiger partial charge in [-0.1, -0.05) is 44.3 Å². The molecule has 0 aromatic heterocycles. The third-order valence-electron chi connectivity index (χ3n) is 2.87. The molecule has 1 rings (SSSR count). The molecular weight excluding hydrogens is 158 g/mol. The molecule has 0 atom stereocenters. The minimum Gasteiger partial charge on any atom is -0.311 e. The first-order chi connectivity index (χ1) is 6.43. The molecule has 0 amide bonds. The molecule has 0 spiro atoms. The van der Waals surface area contributed by atoms with Gasteiger partial charge in [0.25, 0.3) is 0 Å². The van der Waals surface area contributed by atoms with E-state index in [1.807, 2.05) is 0 Å². The molecule has 0 unspecified atom stereocenters. The maximum Gasteiger partial charge on any atom is 0.0137 e. The van der Waals surface area contributed by atoms with E-state index < -0.39 is 0 Å². The van der Waals surface area contributed by atoms with Gasteiger partial charge in [0.1, 0.15) is 0 Å². The molecule has 0 aromatic carbocycles. The van der Waals surface area contributed by atoms with Crippen LogP contribution in [-0.2, 0) is 0 Å². The van der Waals surface area contributed by atoms with Gasteiger partial charge in [-0.15, -0.1) is 0 Å². The number of nitrogens with one attached hydrogen (secondary N) is 1. The fourth-order valence-corrected chi connectivity index (χ4v) is 2.01. The van der Waals surface area contributed by atoms with Crippen molar-refractivity contribution >= 4 is 0 Å². The summed E-state index contributed by atoms with van der Waals surface area (Å²) in [5.74, 6) is 0. The monoisotopic (exact) mass is 181 g/mol. The summed E-state index contributed by atoms with van der Waals surface area (Å²) in [6, 6.07) is 0.788. The highest BCUT2D eigenvalue weighted by Gasteiger charge is 2.08. The van der Waals surface area contributed by atoms with Crippen molar-refractivity contribution in [3.8, 4) is 0 Å². The molecule has 0 aromatic rings. The highest BCUT2D eigenvalue weighted by atomic mass is 14.9. The highest BCUT2D eigenvalue weighted by molar-refractivity contribution is 4.82. The smallest absolute Gasteiger partial charge is 0.0137 e. The van der Waals surface area contributed by atoms with E-state index in [2.05, 4.69) is 24.4 Å². The molecule has 0 bridgehead atoms. The van der Waals surface area contributed by atoms with Crippen molar-refractivity contribution in [2.45, 2.75) is 57.9 Å². The fraction of sp³-hybridized carbons (Fsp3) is 0.833. The summed E-state index contributed by atoms with van der Waals surface area (Å²) in [7, 11) is 0. The van der Waals surface area contributed by atoms with Crippen molar-refractivity contribution in [1.29, 1.82) is 0 Å². The predicted octanol–water partition coefficient (Wildman–Crippen LogP) is 3.27. The molecule has 0 radical (unpaired) electrons. The first kappa shape index (κ1) is 10.8. The first-order valence-electron chi connectivity index (χ1n) is 5.78. The van der Waals surface area contributed by atoms with Crippen molar-refractivity contribution in [3.05, 3.63) is 12.2 Å². The van der Waals surface area contributed by atoms with Crippen molar-refractivity contribution in [3.63, 3.8) is 0 Å². The first-order valence-corrected chi connectivity index (χ1v) is 5.78. The van der Waals surface area contributed by atoms with Gasteiger partial charge in [0.2, 0.25) is 0 Å². The summed E-state index contributed by atoms with van der Waals surface area (Å²) < 4.78 is 0. The van der Waals surface area contributed by atoms with Crippen LogP contribution in [0.1, 0.15) is 51.9 Å². The molecule has 1 fully saturated rings. The van der Waals surface area contributed by atoms with Crippen LogP contribution in [-0.4, -0.2) is 12.6 Å². The topological polar surface area (TPSA) is 12.0 Å². The number of allylic oxidation sites excluding steroid dienone is 1. The van der Waals surface area contributed by atoms with E-state index in [0.29, 0.717) is 0 Å². The normalized spacial score (nSPS) is 21.6. The van der Waals surface area contributed by atoms with Crippen molar-refractivity contribution in [2.24, 2.45) is 0 Å². The lowest BCUT2D eigenvalue weighted by atomic mass is 9.97. The van der Waals surface area contributed by atoms with E-state index in [4.69, 9.17) is 0 Å². The Balaban J connectivity index is 2.13. The van der Waals surface area contributed by atoms with E-state index in [-0.39, 0.29) is 0 Å². The van der Waals surface area contributed by atoms with E-state index in [0.717, 1.165) is 12.6 Å². The molecule has 0 heterocycles. The molecule has 1 heteroatoms. The van der Waals surface area contributed by atoms with E-state index in [9.17, 15) is 0 Å². The quantitative estimate of drug-likeness (QED) is 0.659. The summed E-state index contributed by atoms with van der Waals surface area (Å²) in [6.45, 7) is 3.14. The summed E-state index contributed by atoms with van der Waals surface area (Å²) in [5, 5.41) is 3.60. The Bertz CT molecular complexity index is 132. The van der Waals surface area contributed by atoms with Gasteiger partial charge in [-0.25, -0.2) is 0 Å². The molecule has 0 aliphatic heterocycles. The third-order valence-corrected chi connectivity index (χ3v) is 2.87. The zero-order chi connectivity index (χ0) is 9.36. The zero-order valence-electron chi connectivity index (χ0n) is 8.89. The van der Waals surface area contributed by atoms with Gasteiger partial charge < -0.3 is 5.32 Å². The van der Waals surface area contributed by atoms with Gasteiger partial charge in [-0.3, -0.25) is 0 Å². The Morgan fingerprint density at radius 3 is 2.31 bits per heavy atom. The molecular formula is C12H23N. The van der Waals surface area contributed by atoms with Gasteiger partial charge in [0.15, 0.2) is 0 Å². The maximum atomic E-state index is 3.60. The molecule has 1 nitrogen and oxygen atoms in total. The third kappa shape index (κ3) is 5.09. The lowest BCUT2D eigenvalue weighted by Gasteiger charge is -2.20. The minimum absolute atomic E-state index is 0.788. The fourth-order valence-electron chi connectivity index (χ4n) is 2.01. The molecule has 76 valence electrons. The van der Waals surface area contributed by atoms with Crippen LogP contribution in [0.4, 0.5) is 0 Å². The van der Waals surface area contributed by atoms with Crippen LogP contribution in [0.2, 0.25) is 0 Å². The van der Waals surface area contributed by atoms with Crippen LogP contribution in [0.5, 0.6) is 0 Å². The summed E-state index contributed by atoms with van der Waals surface area (Å²) in [6.07, 6.45) is 14.3. The second-order valence-electron chi connectivity index (χ2n) is 4.02. The van der Waals surface area contributed by atoms with Crippen LogP contribution in [0.3, 0.4) is 0 Å². The highest BCUT2D eigenvalue weighted by Crippen LogP contribution is 2.16. The van der Waals surface area contributed by atoms with Gasteiger partial charge >= 0.3 is 0 Å². The summed E-state index contributed by atoms with van der Waals surface area (Å²) in [5.41, 5.74) is 0. The van der Waals surface area contributed by atoms with Gasteiger partial charge in [-0.2, -0.15) is 0 Å². The average molecular weight is 181 g/mol. The van der Waals surface area contributed by atoms with Crippen LogP contribution < -0.4 is 5.32 Å². The van der Waals surface area contributed by atoms with E-state index >= 15 is 0 Å². The second-order valence-corrected chi connectivity index (χ2v) is 4.02. The van der Waals surface area contributed by atoms with Crippen LogP contribution in [0.25, 0.3) is 0 Å². The Morgan fingerprint density at radius 1 is 1.08 bits per heavy atom. The average Bonchev–Trinajstić information content (AvgIpc) is 2.08. The van der Waals surface area contributed by atoms with Crippen LogP contribution in [0.15, 0.2) is 12.2 Å². The Labute approximate surface area is 82.6 Å². The molecule has 13 heavy (non-hydrogen) atoms. The maximum absolute atomic E-state index is 3.60. The lowest BCUT2D eigenvalue weighted by molar-refractivity contribution is 0.401. The van der Waals surface area contributed by atoms with Crippen molar-refractivity contribution in [2.75, 3.05) is 6.54 Å². The molecule has 1 aliphatic carbocycles. The second kappa shape index (κ2) is 7.14. The predicted molar refractivity (Wildman–Crippen MR) is 58.9 cm³/mol. The zero-order valence-corrected chi connectivity index (χ0v) is 8.89. The van der Waals surface area contributed by atoms with Crippen LogP contribution >= 0.6 is 0 Å². The van der Waals surface area contributed by atoms with E-state index in [1.165, 1.54) is 44.9 Å². The van der Waals surface area contributed by atoms with Gasteiger partial charge in [-0.05, 0) is 19.8 Å².